The predicted octanol–water partition coefficient (Wildman–Crippen LogP) is 3.64. The van der Waals surface area contributed by atoms with E-state index in [-0.39, 0.29) is 12.6 Å². The number of rotatable bonds is 8. The van der Waals surface area contributed by atoms with Gasteiger partial charge in [0.05, 0.1) is 6.07 Å². The lowest BCUT2D eigenvalue weighted by Crippen LogP contribution is -2.38. The minimum Gasteiger partial charge on any atom is -0.312 e. The van der Waals surface area contributed by atoms with E-state index in [9.17, 15) is 13.2 Å². The summed E-state index contributed by atoms with van der Waals surface area (Å²) in [7, 11) is 0. The largest absolute Gasteiger partial charge is 0.405 e. The van der Waals surface area contributed by atoms with Crippen LogP contribution in [0.2, 0.25) is 0 Å². The number of unbranched alkanes of at least 4 members (excludes halogenated alkanes) is 1. The molecular formula is C12H21F3N2. The van der Waals surface area contributed by atoms with Crippen LogP contribution in [0.1, 0.15) is 46.0 Å². The molecule has 2 nitrogen and oxygen atoms in total. The van der Waals surface area contributed by atoms with Crippen LogP contribution in [-0.2, 0) is 0 Å². The fourth-order valence-electron chi connectivity index (χ4n) is 1.67. The molecule has 0 aliphatic heterocycles. The van der Waals surface area contributed by atoms with Gasteiger partial charge in [-0.1, -0.05) is 33.1 Å². The summed E-state index contributed by atoms with van der Waals surface area (Å²) in [5.74, 6) is -1.90. The highest BCUT2D eigenvalue weighted by molar-refractivity contribution is 4.90. The fraction of sp³-hybridized carbons (Fsp3) is 0.917. The van der Waals surface area contributed by atoms with Gasteiger partial charge in [0.1, 0.15) is 0 Å². The van der Waals surface area contributed by atoms with E-state index in [2.05, 4.69) is 12.2 Å². The first-order valence-corrected chi connectivity index (χ1v) is 6.15. The zero-order valence-corrected chi connectivity index (χ0v) is 10.5. The number of hydrogen-bond donors (Lipinski definition) is 1. The highest BCUT2D eigenvalue weighted by atomic mass is 19.4. The van der Waals surface area contributed by atoms with Crippen LogP contribution in [-0.4, -0.2) is 18.8 Å². The van der Waals surface area contributed by atoms with Crippen molar-refractivity contribution in [2.45, 2.75) is 58.2 Å². The van der Waals surface area contributed by atoms with Crippen molar-refractivity contribution in [1.29, 1.82) is 5.26 Å². The molecule has 0 fully saturated rings. The van der Waals surface area contributed by atoms with Crippen molar-refractivity contribution in [3.05, 3.63) is 0 Å². The average molecular weight is 250 g/mol. The lowest BCUT2D eigenvalue weighted by Gasteiger charge is -2.20. The van der Waals surface area contributed by atoms with E-state index in [1.54, 1.807) is 0 Å². The van der Waals surface area contributed by atoms with E-state index in [1.165, 1.54) is 6.07 Å². The quantitative estimate of drug-likeness (QED) is 0.714. The van der Waals surface area contributed by atoms with Gasteiger partial charge in [0.2, 0.25) is 0 Å². The minimum atomic E-state index is -4.43. The first-order valence-electron chi connectivity index (χ1n) is 6.15. The first kappa shape index (κ1) is 16.2. The average Bonchev–Trinajstić information content (AvgIpc) is 2.24. The molecule has 0 aliphatic carbocycles. The smallest absolute Gasteiger partial charge is 0.312 e. The number of halogens is 3. The summed E-state index contributed by atoms with van der Waals surface area (Å²) in [5.41, 5.74) is 0. The molecule has 0 rings (SSSR count). The molecule has 0 radical (unpaired) electrons. The van der Waals surface area contributed by atoms with E-state index in [0.717, 1.165) is 32.1 Å². The van der Waals surface area contributed by atoms with E-state index in [1.807, 2.05) is 6.92 Å². The standard InChI is InChI=1S/C12H21F3N2/c1-3-5-7-11(6-4-2)17-9-10(8-16)12(13,14)15/h10-11,17H,3-7,9H2,1-2H3. The third kappa shape index (κ3) is 7.22. The minimum absolute atomic E-state index is 0.0955. The number of alkyl halides is 3. The molecule has 0 aromatic heterocycles. The molecule has 0 aliphatic rings. The third-order valence-corrected chi connectivity index (χ3v) is 2.70. The molecule has 0 saturated heterocycles. The maximum Gasteiger partial charge on any atom is 0.405 e. The fourth-order valence-corrected chi connectivity index (χ4v) is 1.67. The summed E-state index contributed by atoms with van der Waals surface area (Å²) in [5, 5.41) is 11.3. The van der Waals surface area contributed by atoms with E-state index >= 15 is 0 Å². The molecule has 0 bridgehead atoms. The molecule has 0 aromatic rings. The topological polar surface area (TPSA) is 35.8 Å². The van der Waals surface area contributed by atoms with Crippen molar-refractivity contribution < 1.29 is 13.2 Å². The van der Waals surface area contributed by atoms with E-state index in [4.69, 9.17) is 5.26 Å². The Hall–Kier alpha value is -0.760. The molecule has 17 heavy (non-hydrogen) atoms. The predicted molar refractivity (Wildman–Crippen MR) is 61.4 cm³/mol. The van der Waals surface area contributed by atoms with Crippen LogP contribution >= 0.6 is 0 Å². The van der Waals surface area contributed by atoms with Crippen LogP contribution in [0.4, 0.5) is 13.2 Å². The third-order valence-electron chi connectivity index (χ3n) is 2.70. The van der Waals surface area contributed by atoms with Crippen molar-refractivity contribution in [2.24, 2.45) is 5.92 Å². The summed E-state index contributed by atoms with van der Waals surface area (Å²) in [6.07, 6.45) is 0.272. The van der Waals surface area contributed by atoms with Gasteiger partial charge in [-0.05, 0) is 12.8 Å². The maximum atomic E-state index is 12.3. The summed E-state index contributed by atoms with van der Waals surface area (Å²) in [6.45, 7) is 3.76. The molecule has 0 saturated carbocycles. The molecular weight excluding hydrogens is 229 g/mol. The number of nitrogens with one attached hydrogen (secondary N) is 1. The van der Waals surface area contributed by atoms with Gasteiger partial charge in [-0.15, -0.1) is 0 Å². The molecule has 0 heterocycles. The Morgan fingerprint density at radius 2 is 1.82 bits per heavy atom. The Morgan fingerprint density at radius 1 is 1.18 bits per heavy atom. The lowest BCUT2D eigenvalue weighted by atomic mass is 10.0. The number of nitrogens with zero attached hydrogens (tertiary/aromatic N) is 1. The van der Waals surface area contributed by atoms with Gasteiger partial charge in [0.15, 0.2) is 5.92 Å². The summed E-state index contributed by atoms with van der Waals surface area (Å²) >= 11 is 0. The normalized spacial score (nSPS) is 15.3. The first-order chi connectivity index (χ1) is 7.95. The maximum absolute atomic E-state index is 12.3. The second-order valence-corrected chi connectivity index (χ2v) is 4.26. The van der Waals surface area contributed by atoms with Crippen molar-refractivity contribution in [3.63, 3.8) is 0 Å². The Labute approximate surface area is 101 Å². The molecule has 2 atom stereocenters. The Balaban J connectivity index is 4.14. The summed E-state index contributed by atoms with van der Waals surface area (Å²) in [4.78, 5) is 0. The van der Waals surface area contributed by atoms with E-state index in [0.29, 0.717) is 0 Å². The van der Waals surface area contributed by atoms with Gasteiger partial charge >= 0.3 is 6.18 Å². The van der Waals surface area contributed by atoms with Gasteiger partial charge in [-0.3, -0.25) is 0 Å². The molecule has 0 aromatic carbocycles. The van der Waals surface area contributed by atoms with Crippen LogP contribution in [0, 0.1) is 17.2 Å². The number of nitriles is 1. The Kier molecular flexibility index (Phi) is 7.98. The lowest BCUT2D eigenvalue weighted by molar-refractivity contribution is -0.158. The van der Waals surface area contributed by atoms with Gasteiger partial charge in [-0.2, -0.15) is 18.4 Å². The van der Waals surface area contributed by atoms with Crippen LogP contribution in [0.25, 0.3) is 0 Å². The molecule has 0 spiro atoms. The van der Waals surface area contributed by atoms with Gasteiger partial charge in [0, 0.05) is 12.6 Å². The highest BCUT2D eigenvalue weighted by Crippen LogP contribution is 2.25. The summed E-state index contributed by atoms with van der Waals surface area (Å²) in [6, 6.07) is 1.40. The Morgan fingerprint density at radius 3 is 2.24 bits per heavy atom. The SMILES string of the molecule is CCCCC(CCC)NCC(C#N)C(F)(F)F. The second kappa shape index (κ2) is 8.35. The second-order valence-electron chi connectivity index (χ2n) is 4.26. The Bertz CT molecular complexity index is 233. The van der Waals surface area contributed by atoms with Crippen LogP contribution < -0.4 is 5.32 Å². The highest BCUT2D eigenvalue weighted by Gasteiger charge is 2.39. The summed E-state index contributed by atoms with van der Waals surface area (Å²) < 4.78 is 37.0. The van der Waals surface area contributed by atoms with Crippen LogP contribution in [0.3, 0.4) is 0 Å². The molecule has 1 N–H and O–H groups in total. The van der Waals surface area contributed by atoms with Crippen LogP contribution in [0.15, 0.2) is 0 Å². The van der Waals surface area contributed by atoms with Crippen molar-refractivity contribution in [3.8, 4) is 6.07 Å². The monoisotopic (exact) mass is 250 g/mol. The zero-order chi connectivity index (χ0) is 13.3. The van der Waals surface area contributed by atoms with Crippen molar-refractivity contribution >= 4 is 0 Å². The zero-order valence-electron chi connectivity index (χ0n) is 10.5. The molecule has 5 heteroatoms. The van der Waals surface area contributed by atoms with E-state index < -0.39 is 12.1 Å². The molecule has 100 valence electrons. The molecule has 2 unspecified atom stereocenters. The number of hydrogen-bond acceptors (Lipinski definition) is 2. The van der Waals surface area contributed by atoms with Gasteiger partial charge in [0.25, 0.3) is 0 Å². The van der Waals surface area contributed by atoms with Crippen molar-refractivity contribution in [1.82, 2.24) is 5.32 Å². The van der Waals surface area contributed by atoms with Gasteiger partial charge < -0.3 is 5.32 Å². The van der Waals surface area contributed by atoms with Crippen molar-refractivity contribution in [2.75, 3.05) is 6.54 Å². The van der Waals surface area contributed by atoms with Crippen LogP contribution in [0.5, 0.6) is 0 Å². The molecule has 0 amide bonds. The van der Waals surface area contributed by atoms with Gasteiger partial charge in [-0.25, -0.2) is 0 Å².